The van der Waals surface area contributed by atoms with Crippen molar-refractivity contribution < 1.29 is 0 Å². The van der Waals surface area contributed by atoms with Crippen LogP contribution in [0.3, 0.4) is 0 Å². The van der Waals surface area contributed by atoms with Crippen LogP contribution in [0.25, 0.3) is 0 Å². The third-order valence-corrected chi connectivity index (χ3v) is 4.01. The van der Waals surface area contributed by atoms with E-state index in [1.165, 1.54) is 19.3 Å². The summed E-state index contributed by atoms with van der Waals surface area (Å²) in [5.41, 5.74) is 0. The number of rotatable bonds is 9. The molecular weight excluding hydrogens is 282 g/mol. The van der Waals surface area contributed by atoms with Crippen LogP contribution in [0.1, 0.15) is 19.3 Å². The highest BCUT2D eigenvalue weighted by Gasteiger charge is 2.27. The summed E-state index contributed by atoms with van der Waals surface area (Å²) in [5, 5.41) is 10.8. The van der Waals surface area contributed by atoms with E-state index in [1.54, 1.807) is 0 Å². The highest BCUT2D eigenvalue weighted by atomic mass is 32.1. The SMILES string of the molecule is SCCNC1CC(NCCS)CC(NCCS)C1. The molecule has 0 spiro atoms. The first kappa shape index (κ1) is 17.0. The molecule has 3 N–H and O–H groups in total. The Hall–Kier alpha value is 0.930. The summed E-state index contributed by atoms with van der Waals surface area (Å²) in [5.74, 6) is 2.71. The van der Waals surface area contributed by atoms with Crippen molar-refractivity contribution in [2.24, 2.45) is 0 Å². The van der Waals surface area contributed by atoms with E-state index in [1.807, 2.05) is 0 Å². The Kier molecular flexibility index (Phi) is 10.1. The van der Waals surface area contributed by atoms with Gasteiger partial charge in [-0.05, 0) is 19.3 Å². The van der Waals surface area contributed by atoms with E-state index >= 15 is 0 Å². The van der Waals surface area contributed by atoms with E-state index in [9.17, 15) is 0 Å². The zero-order valence-electron chi connectivity index (χ0n) is 10.9. The molecule has 1 saturated carbocycles. The van der Waals surface area contributed by atoms with Gasteiger partial charge in [-0.25, -0.2) is 0 Å². The van der Waals surface area contributed by atoms with Crippen LogP contribution in [0, 0.1) is 0 Å². The van der Waals surface area contributed by atoms with Crippen molar-refractivity contribution in [2.45, 2.75) is 37.4 Å². The summed E-state index contributed by atoms with van der Waals surface area (Å²) in [6.07, 6.45) is 3.63. The monoisotopic (exact) mass is 309 g/mol. The lowest BCUT2D eigenvalue weighted by Gasteiger charge is -2.36. The molecule has 0 aromatic rings. The van der Waals surface area contributed by atoms with Crippen molar-refractivity contribution in [3.05, 3.63) is 0 Å². The summed E-state index contributed by atoms with van der Waals surface area (Å²) in [7, 11) is 0. The number of hydrogen-bond donors (Lipinski definition) is 6. The molecule has 0 amide bonds. The van der Waals surface area contributed by atoms with Crippen LogP contribution in [0.4, 0.5) is 0 Å². The minimum absolute atomic E-state index is 0.598. The second-order valence-corrected chi connectivity index (χ2v) is 6.17. The van der Waals surface area contributed by atoms with E-state index < -0.39 is 0 Å². The van der Waals surface area contributed by atoms with Crippen LogP contribution >= 0.6 is 37.9 Å². The van der Waals surface area contributed by atoms with Crippen molar-refractivity contribution in [3.8, 4) is 0 Å². The molecule has 0 radical (unpaired) electrons. The Morgan fingerprint density at radius 1 is 0.611 bits per heavy atom. The molecule has 0 saturated heterocycles. The van der Waals surface area contributed by atoms with E-state index in [4.69, 9.17) is 0 Å². The first-order valence-electron chi connectivity index (χ1n) is 6.82. The zero-order chi connectivity index (χ0) is 13.2. The average Bonchev–Trinajstić information content (AvgIpc) is 2.40. The predicted molar refractivity (Wildman–Crippen MR) is 90.8 cm³/mol. The molecule has 0 unspecified atom stereocenters. The fourth-order valence-electron chi connectivity index (χ4n) is 2.63. The Labute approximate surface area is 128 Å². The summed E-state index contributed by atoms with van der Waals surface area (Å²) in [6, 6.07) is 1.79. The summed E-state index contributed by atoms with van der Waals surface area (Å²) >= 11 is 12.8. The maximum atomic E-state index is 4.26. The van der Waals surface area contributed by atoms with Gasteiger partial charge in [-0.3, -0.25) is 0 Å². The maximum Gasteiger partial charge on any atom is 0.00970 e. The van der Waals surface area contributed by atoms with Gasteiger partial charge in [0, 0.05) is 55.0 Å². The molecule has 3 nitrogen and oxygen atoms in total. The van der Waals surface area contributed by atoms with Crippen LogP contribution in [-0.4, -0.2) is 55.0 Å². The minimum Gasteiger partial charge on any atom is -0.313 e. The van der Waals surface area contributed by atoms with Gasteiger partial charge in [0.25, 0.3) is 0 Å². The lowest BCUT2D eigenvalue weighted by molar-refractivity contribution is 0.257. The van der Waals surface area contributed by atoms with Crippen molar-refractivity contribution in [3.63, 3.8) is 0 Å². The van der Waals surface area contributed by atoms with E-state index in [-0.39, 0.29) is 0 Å². The summed E-state index contributed by atoms with van der Waals surface area (Å²) in [6.45, 7) is 2.98. The first-order valence-corrected chi connectivity index (χ1v) is 8.72. The molecule has 1 aliphatic carbocycles. The first-order chi connectivity index (χ1) is 8.80. The molecule has 0 bridgehead atoms. The van der Waals surface area contributed by atoms with Crippen LogP contribution in [0.2, 0.25) is 0 Å². The van der Waals surface area contributed by atoms with Crippen LogP contribution < -0.4 is 16.0 Å². The number of hydrogen-bond acceptors (Lipinski definition) is 6. The van der Waals surface area contributed by atoms with Crippen LogP contribution in [-0.2, 0) is 0 Å². The van der Waals surface area contributed by atoms with Gasteiger partial charge in [0.1, 0.15) is 0 Å². The molecule has 0 heterocycles. The van der Waals surface area contributed by atoms with Gasteiger partial charge in [0.15, 0.2) is 0 Å². The molecule has 1 rings (SSSR count). The summed E-state index contributed by atoms with van der Waals surface area (Å²) in [4.78, 5) is 0. The van der Waals surface area contributed by atoms with Gasteiger partial charge in [0.05, 0.1) is 0 Å². The van der Waals surface area contributed by atoms with E-state index in [0.29, 0.717) is 18.1 Å². The van der Waals surface area contributed by atoms with Gasteiger partial charge in [-0.1, -0.05) is 0 Å². The quantitative estimate of drug-likeness (QED) is 0.357. The highest BCUT2D eigenvalue weighted by Crippen LogP contribution is 2.19. The third kappa shape index (κ3) is 6.91. The maximum absolute atomic E-state index is 4.26. The second-order valence-electron chi connectivity index (χ2n) is 4.83. The van der Waals surface area contributed by atoms with Gasteiger partial charge in [0.2, 0.25) is 0 Å². The number of thiol groups is 3. The van der Waals surface area contributed by atoms with Gasteiger partial charge in [-0.2, -0.15) is 37.9 Å². The van der Waals surface area contributed by atoms with Crippen molar-refractivity contribution in [1.82, 2.24) is 16.0 Å². The minimum atomic E-state index is 0.598. The fourth-order valence-corrected chi connectivity index (χ4v) is 3.01. The van der Waals surface area contributed by atoms with Crippen LogP contribution in [0.15, 0.2) is 0 Å². The molecule has 1 aliphatic rings. The highest BCUT2D eigenvalue weighted by molar-refractivity contribution is 7.80. The molecule has 6 heteroatoms. The molecule has 0 aliphatic heterocycles. The Balaban J connectivity index is 2.38. The number of nitrogens with one attached hydrogen (secondary N) is 3. The van der Waals surface area contributed by atoms with Crippen molar-refractivity contribution in [1.29, 1.82) is 0 Å². The Morgan fingerprint density at radius 2 is 0.889 bits per heavy atom. The molecule has 18 heavy (non-hydrogen) atoms. The van der Waals surface area contributed by atoms with Crippen molar-refractivity contribution in [2.75, 3.05) is 36.9 Å². The average molecular weight is 310 g/mol. The van der Waals surface area contributed by atoms with Gasteiger partial charge >= 0.3 is 0 Å². The molecule has 0 aromatic heterocycles. The van der Waals surface area contributed by atoms with E-state index in [0.717, 1.165) is 36.9 Å². The third-order valence-electron chi connectivity index (χ3n) is 3.34. The molecular formula is C12H27N3S3. The molecule has 1 fully saturated rings. The normalized spacial score (nSPS) is 28.5. The van der Waals surface area contributed by atoms with Gasteiger partial charge in [-0.15, -0.1) is 0 Å². The lowest BCUT2D eigenvalue weighted by Crippen LogP contribution is -2.51. The molecule has 0 atom stereocenters. The molecule has 108 valence electrons. The largest absolute Gasteiger partial charge is 0.313 e. The van der Waals surface area contributed by atoms with Crippen LogP contribution in [0.5, 0.6) is 0 Å². The zero-order valence-corrected chi connectivity index (χ0v) is 13.6. The smallest absolute Gasteiger partial charge is 0.00970 e. The van der Waals surface area contributed by atoms with Crippen molar-refractivity contribution >= 4 is 37.9 Å². The van der Waals surface area contributed by atoms with E-state index in [2.05, 4.69) is 53.8 Å². The molecule has 0 aromatic carbocycles. The van der Waals surface area contributed by atoms with Gasteiger partial charge < -0.3 is 16.0 Å². The summed E-state index contributed by atoms with van der Waals surface area (Å²) < 4.78 is 0. The predicted octanol–water partition coefficient (Wildman–Crippen LogP) is 0.834. The standard InChI is InChI=1S/C12H27N3S3/c16-4-1-13-10-7-11(14-2-5-17)9-12(8-10)15-3-6-18/h10-18H,1-9H2. The topological polar surface area (TPSA) is 36.1 Å². The fraction of sp³-hybridized carbons (Fsp3) is 1.00. The lowest BCUT2D eigenvalue weighted by atomic mass is 9.87. The Morgan fingerprint density at radius 3 is 1.11 bits per heavy atom. The Bertz CT molecular complexity index is 168. The second kappa shape index (κ2) is 10.7.